The number of nitro benzene ring substituents is 1. The van der Waals surface area contributed by atoms with Gasteiger partial charge >= 0.3 is 0 Å². The number of benzene rings is 2. The van der Waals surface area contributed by atoms with Gasteiger partial charge in [0.15, 0.2) is 0 Å². The van der Waals surface area contributed by atoms with Crippen molar-refractivity contribution in [3.63, 3.8) is 0 Å². The van der Waals surface area contributed by atoms with Crippen LogP contribution in [0.2, 0.25) is 0 Å². The van der Waals surface area contributed by atoms with Crippen molar-refractivity contribution in [2.75, 3.05) is 0 Å². The van der Waals surface area contributed by atoms with E-state index in [2.05, 4.69) is 31.6 Å². The van der Waals surface area contributed by atoms with E-state index in [9.17, 15) is 23.7 Å². The number of nitrogens with one attached hydrogen (secondary N) is 1. The number of nitro groups is 1. The second-order valence-electron chi connectivity index (χ2n) is 5.79. The molecule has 8 nitrogen and oxygen atoms in total. The van der Waals surface area contributed by atoms with Crippen LogP contribution in [0.5, 0.6) is 0 Å². The number of nitrogens with zero attached hydrogens (tertiary/aromatic N) is 4. The number of carbonyl (C=O) groups is 1. The Balaban J connectivity index is 1.63. The second-order valence-corrected chi connectivity index (χ2v) is 6.65. The van der Waals surface area contributed by atoms with E-state index in [4.69, 9.17) is 0 Å². The third-order valence-corrected chi connectivity index (χ3v) is 4.36. The number of hydrogen-bond acceptors (Lipinski definition) is 5. The lowest BCUT2D eigenvalue weighted by Crippen LogP contribution is -2.23. The average Bonchev–Trinajstić information content (AvgIpc) is 3.06. The van der Waals surface area contributed by atoms with E-state index in [-0.39, 0.29) is 28.8 Å². The first-order valence-corrected chi connectivity index (χ1v) is 8.67. The van der Waals surface area contributed by atoms with Gasteiger partial charge in [-0.3, -0.25) is 14.9 Å². The predicted molar refractivity (Wildman–Crippen MR) is 97.4 cm³/mol. The van der Waals surface area contributed by atoms with E-state index >= 15 is 0 Å². The van der Waals surface area contributed by atoms with Gasteiger partial charge in [-0.1, -0.05) is 5.21 Å². The summed E-state index contributed by atoms with van der Waals surface area (Å²) in [6.45, 7) is 0.134. The Morgan fingerprint density at radius 2 is 1.93 bits per heavy atom. The Hall–Kier alpha value is -3.21. The van der Waals surface area contributed by atoms with Crippen molar-refractivity contribution < 1.29 is 18.5 Å². The van der Waals surface area contributed by atoms with Gasteiger partial charge in [-0.05, 0) is 45.8 Å². The molecule has 144 valence electrons. The van der Waals surface area contributed by atoms with Gasteiger partial charge in [0.05, 0.1) is 28.7 Å². The third kappa shape index (κ3) is 4.74. The monoisotopic (exact) mass is 451 g/mol. The lowest BCUT2D eigenvalue weighted by Gasteiger charge is -2.04. The molecule has 0 spiro atoms. The molecule has 0 fully saturated rings. The third-order valence-electron chi connectivity index (χ3n) is 3.69. The minimum atomic E-state index is -0.689. The summed E-state index contributed by atoms with van der Waals surface area (Å²) in [6, 6.07) is 7.18. The van der Waals surface area contributed by atoms with E-state index in [1.54, 1.807) is 0 Å². The molecule has 0 aliphatic rings. The Morgan fingerprint density at radius 1 is 1.21 bits per heavy atom. The molecule has 0 unspecified atom stereocenters. The molecule has 0 radical (unpaired) electrons. The molecule has 0 saturated heterocycles. The van der Waals surface area contributed by atoms with Gasteiger partial charge in [0.25, 0.3) is 11.6 Å². The maximum Gasteiger partial charge on any atom is 0.284 e. The molecule has 11 heteroatoms. The van der Waals surface area contributed by atoms with Crippen LogP contribution in [0.25, 0.3) is 0 Å². The van der Waals surface area contributed by atoms with Gasteiger partial charge in [0.2, 0.25) is 0 Å². The van der Waals surface area contributed by atoms with Crippen LogP contribution in [0.15, 0.2) is 47.1 Å². The molecule has 1 aromatic heterocycles. The molecule has 0 atom stereocenters. The van der Waals surface area contributed by atoms with Crippen LogP contribution < -0.4 is 5.32 Å². The van der Waals surface area contributed by atoms with Crippen molar-refractivity contribution in [3.05, 3.63) is 85.6 Å². The van der Waals surface area contributed by atoms with Gasteiger partial charge in [0, 0.05) is 17.7 Å². The van der Waals surface area contributed by atoms with Gasteiger partial charge in [0.1, 0.15) is 17.3 Å². The first-order valence-electron chi connectivity index (χ1n) is 7.88. The Morgan fingerprint density at radius 3 is 2.61 bits per heavy atom. The SMILES string of the molecule is O=C(NCc1cn(Cc2cc(F)cc(F)c2)nn1)c1ccc(Br)c([N+](=O)[O-])c1. The topological polar surface area (TPSA) is 103 Å². The van der Waals surface area contributed by atoms with Crippen LogP contribution in [-0.2, 0) is 13.1 Å². The summed E-state index contributed by atoms with van der Waals surface area (Å²) in [5.41, 5.74) is 0.690. The summed E-state index contributed by atoms with van der Waals surface area (Å²) in [5.74, 6) is -1.89. The van der Waals surface area contributed by atoms with Crippen LogP contribution in [0.4, 0.5) is 14.5 Å². The van der Waals surface area contributed by atoms with Crippen molar-refractivity contribution in [3.8, 4) is 0 Å². The lowest BCUT2D eigenvalue weighted by molar-refractivity contribution is -0.385. The van der Waals surface area contributed by atoms with E-state index < -0.39 is 22.5 Å². The van der Waals surface area contributed by atoms with Crippen LogP contribution in [0.1, 0.15) is 21.6 Å². The van der Waals surface area contributed by atoms with Crippen LogP contribution in [0, 0.1) is 21.7 Å². The minimum Gasteiger partial charge on any atom is -0.346 e. The molecule has 1 N–H and O–H groups in total. The number of aromatic nitrogens is 3. The fourth-order valence-electron chi connectivity index (χ4n) is 2.45. The summed E-state index contributed by atoms with van der Waals surface area (Å²) in [7, 11) is 0. The number of rotatable bonds is 6. The zero-order valence-electron chi connectivity index (χ0n) is 14.1. The van der Waals surface area contributed by atoms with Crippen LogP contribution in [-0.4, -0.2) is 25.8 Å². The second kappa shape index (κ2) is 8.21. The molecule has 0 aliphatic carbocycles. The highest BCUT2D eigenvalue weighted by molar-refractivity contribution is 9.10. The summed E-state index contributed by atoms with van der Waals surface area (Å²) >= 11 is 3.05. The summed E-state index contributed by atoms with van der Waals surface area (Å²) in [6.07, 6.45) is 1.52. The van der Waals surface area contributed by atoms with Gasteiger partial charge < -0.3 is 5.32 Å². The van der Waals surface area contributed by atoms with Crippen molar-refractivity contribution in [1.82, 2.24) is 20.3 Å². The largest absolute Gasteiger partial charge is 0.346 e. The molecule has 3 rings (SSSR count). The van der Waals surface area contributed by atoms with Gasteiger partial charge in [-0.2, -0.15) is 0 Å². The normalized spacial score (nSPS) is 10.7. The highest BCUT2D eigenvalue weighted by Crippen LogP contribution is 2.25. The Kier molecular flexibility index (Phi) is 5.73. The molecule has 1 amide bonds. The molecular formula is C17H12BrF2N5O3. The van der Waals surface area contributed by atoms with Gasteiger partial charge in [-0.15, -0.1) is 5.10 Å². The van der Waals surface area contributed by atoms with E-state index in [1.165, 1.54) is 35.1 Å². The fraction of sp³-hybridized carbons (Fsp3) is 0.118. The maximum absolute atomic E-state index is 13.2. The van der Waals surface area contributed by atoms with Crippen molar-refractivity contribution >= 4 is 27.5 Å². The number of amides is 1. The smallest absolute Gasteiger partial charge is 0.284 e. The molecule has 1 heterocycles. The predicted octanol–water partition coefficient (Wildman–Crippen LogP) is 3.21. The first kappa shape index (κ1) is 19.5. The van der Waals surface area contributed by atoms with E-state index in [0.29, 0.717) is 11.3 Å². The summed E-state index contributed by atoms with van der Waals surface area (Å²) < 4.78 is 28.1. The van der Waals surface area contributed by atoms with Crippen LogP contribution >= 0.6 is 15.9 Å². The Labute approximate surface area is 165 Å². The molecule has 3 aromatic rings. The standard InChI is InChI=1S/C17H12BrF2N5O3/c18-15-2-1-11(5-16(15)25(27)28)17(26)21-7-14-9-24(23-22-14)8-10-3-12(19)6-13(20)4-10/h1-6,9H,7-8H2,(H,21,26). The van der Waals surface area contributed by atoms with E-state index in [0.717, 1.165) is 12.1 Å². The summed E-state index contributed by atoms with van der Waals surface area (Å²) in [4.78, 5) is 22.5. The van der Waals surface area contributed by atoms with Crippen LogP contribution in [0.3, 0.4) is 0 Å². The zero-order chi connectivity index (χ0) is 20.3. The molecule has 0 bridgehead atoms. The molecule has 0 saturated carbocycles. The number of hydrogen-bond donors (Lipinski definition) is 1. The van der Waals surface area contributed by atoms with E-state index in [1.807, 2.05) is 0 Å². The lowest BCUT2D eigenvalue weighted by atomic mass is 10.2. The molecule has 0 aliphatic heterocycles. The zero-order valence-corrected chi connectivity index (χ0v) is 15.7. The quantitative estimate of drug-likeness (QED) is 0.457. The highest BCUT2D eigenvalue weighted by atomic mass is 79.9. The number of halogens is 3. The molecule has 2 aromatic carbocycles. The number of carbonyl (C=O) groups excluding carboxylic acids is 1. The van der Waals surface area contributed by atoms with Crippen molar-refractivity contribution in [2.45, 2.75) is 13.1 Å². The maximum atomic E-state index is 13.2. The molecular weight excluding hydrogens is 440 g/mol. The minimum absolute atomic E-state index is 0.0280. The van der Waals surface area contributed by atoms with Crippen molar-refractivity contribution in [2.24, 2.45) is 0 Å². The first-order chi connectivity index (χ1) is 13.3. The molecule has 28 heavy (non-hydrogen) atoms. The van der Waals surface area contributed by atoms with Gasteiger partial charge in [-0.25, -0.2) is 13.5 Å². The fourth-order valence-corrected chi connectivity index (χ4v) is 2.84. The highest BCUT2D eigenvalue weighted by Gasteiger charge is 2.16. The summed E-state index contributed by atoms with van der Waals surface area (Å²) in [5, 5.41) is 21.3. The van der Waals surface area contributed by atoms with Crippen molar-refractivity contribution in [1.29, 1.82) is 0 Å². The average molecular weight is 452 g/mol. The Bertz CT molecular complexity index is 1040.